The topological polar surface area (TPSA) is 64.7 Å². The lowest BCUT2D eigenvalue weighted by molar-refractivity contribution is -0.132. The van der Waals surface area contributed by atoms with Crippen molar-refractivity contribution in [3.63, 3.8) is 0 Å². The third-order valence-electron chi connectivity index (χ3n) is 0.963. The first kappa shape index (κ1) is 5.08. The second-order valence-electron chi connectivity index (χ2n) is 1.46. The van der Waals surface area contributed by atoms with E-state index in [1.165, 1.54) is 0 Å². The summed E-state index contributed by atoms with van der Waals surface area (Å²) in [4.78, 5) is 10.4. The Kier molecular flexibility index (Phi) is 1.15. The maximum absolute atomic E-state index is 10.4. The molecule has 0 radical (unpaired) electrons. The van der Waals surface area contributed by atoms with E-state index < -0.39 is 0 Å². The fourth-order valence-electron chi connectivity index (χ4n) is 0.543. The summed E-state index contributed by atoms with van der Waals surface area (Å²) in [5.74, 6) is 4.43. The largest absolute Gasteiger partial charge is 0.461 e. The highest BCUT2D eigenvalue weighted by atomic mass is 16.5. The maximum atomic E-state index is 10.4. The molecule has 1 aliphatic rings. The lowest BCUT2D eigenvalue weighted by Gasteiger charge is -1.83. The van der Waals surface area contributed by atoms with Crippen molar-refractivity contribution < 1.29 is 9.53 Å². The van der Waals surface area contributed by atoms with Gasteiger partial charge < -0.3 is 10.6 Å². The Bertz CT molecular complexity index is 141. The molecule has 4 nitrogen and oxygen atoms in total. The molecule has 44 valence electrons. The van der Waals surface area contributed by atoms with Crippen LogP contribution < -0.4 is 5.84 Å². The molecule has 0 aromatic carbocycles. The number of carbonyl (C=O) groups is 1. The van der Waals surface area contributed by atoms with Crippen molar-refractivity contribution in [3.05, 3.63) is 0 Å². The van der Waals surface area contributed by atoms with Gasteiger partial charge in [-0.3, -0.25) is 0 Å². The summed E-state index contributed by atoms with van der Waals surface area (Å²) >= 11 is 0. The van der Waals surface area contributed by atoms with Crippen LogP contribution in [0, 0.1) is 0 Å². The number of nitrogens with two attached hydrogens (primary N) is 1. The Morgan fingerprint density at radius 3 is 2.75 bits per heavy atom. The number of rotatable bonds is 0. The van der Waals surface area contributed by atoms with E-state index in [0.717, 1.165) is 0 Å². The molecule has 1 saturated heterocycles. The number of carbonyl (C=O) groups excluding carboxylic acids is 1. The molecule has 1 fully saturated rings. The molecule has 2 N–H and O–H groups in total. The summed E-state index contributed by atoms with van der Waals surface area (Å²) in [6.07, 6.45) is 0.551. The van der Waals surface area contributed by atoms with Gasteiger partial charge in [0.15, 0.2) is 0 Å². The monoisotopic (exact) mass is 114 g/mol. The van der Waals surface area contributed by atoms with Crippen LogP contribution in [0.5, 0.6) is 0 Å². The number of hydrogen-bond acceptors (Lipinski definition) is 4. The minimum Gasteiger partial charge on any atom is -0.461 e. The van der Waals surface area contributed by atoms with Gasteiger partial charge in [0.05, 0.1) is 6.61 Å². The van der Waals surface area contributed by atoms with Gasteiger partial charge in [0, 0.05) is 6.42 Å². The Morgan fingerprint density at radius 1 is 1.75 bits per heavy atom. The second-order valence-corrected chi connectivity index (χ2v) is 1.46. The van der Waals surface area contributed by atoms with E-state index in [1.54, 1.807) is 0 Å². The average Bonchev–Trinajstić information content (AvgIpc) is 2.14. The number of hydrazone groups is 1. The van der Waals surface area contributed by atoms with Gasteiger partial charge in [-0.2, -0.15) is 5.10 Å². The molecule has 0 unspecified atom stereocenters. The Balaban J connectivity index is 2.69. The number of hydrogen-bond donors (Lipinski definition) is 1. The molecule has 0 spiro atoms. The van der Waals surface area contributed by atoms with Crippen molar-refractivity contribution in [1.82, 2.24) is 0 Å². The molecule has 1 rings (SSSR count). The maximum Gasteiger partial charge on any atom is 0.354 e. The third kappa shape index (κ3) is 0.641. The standard InChI is InChI=1S/C4H6N2O2/c5-6-3-1-2-8-4(3)7/h1-2,5H2. The minimum atomic E-state index is -0.382. The van der Waals surface area contributed by atoms with E-state index in [2.05, 4.69) is 9.84 Å². The summed E-state index contributed by atoms with van der Waals surface area (Å²) in [5, 5.41) is 3.21. The van der Waals surface area contributed by atoms with Gasteiger partial charge >= 0.3 is 5.97 Å². The molecule has 1 heterocycles. The first-order chi connectivity index (χ1) is 3.84. The van der Waals surface area contributed by atoms with Gasteiger partial charge in [-0.1, -0.05) is 0 Å². The fourth-order valence-corrected chi connectivity index (χ4v) is 0.543. The molecule has 4 heteroatoms. The molecule has 0 saturated carbocycles. The first-order valence-corrected chi connectivity index (χ1v) is 2.28. The van der Waals surface area contributed by atoms with Gasteiger partial charge in [-0.05, 0) is 0 Å². The van der Waals surface area contributed by atoms with Crippen LogP contribution in [0.2, 0.25) is 0 Å². The van der Waals surface area contributed by atoms with Gasteiger partial charge in [0.2, 0.25) is 0 Å². The van der Waals surface area contributed by atoms with Crippen LogP contribution in [-0.2, 0) is 9.53 Å². The Labute approximate surface area is 46.3 Å². The zero-order valence-electron chi connectivity index (χ0n) is 4.26. The number of esters is 1. The first-order valence-electron chi connectivity index (χ1n) is 2.28. The molecule has 0 amide bonds. The van der Waals surface area contributed by atoms with Crippen molar-refractivity contribution in [2.75, 3.05) is 6.61 Å². The van der Waals surface area contributed by atoms with E-state index >= 15 is 0 Å². The van der Waals surface area contributed by atoms with Gasteiger partial charge in [0.1, 0.15) is 5.71 Å². The fraction of sp³-hybridized carbons (Fsp3) is 0.500. The van der Waals surface area contributed by atoms with Crippen LogP contribution in [0.1, 0.15) is 6.42 Å². The SMILES string of the molecule is NN=C1CCOC1=O. The van der Waals surface area contributed by atoms with E-state index in [4.69, 9.17) is 5.84 Å². The predicted octanol–water partition coefficient (Wildman–Crippen LogP) is -0.752. The molecule has 0 aliphatic carbocycles. The highest BCUT2D eigenvalue weighted by molar-refractivity contribution is 6.37. The quantitative estimate of drug-likeness (QED) is 0.256. The summed E-state index contributed by atoms with van der Waals surface area (Å²) in [5.41, 5.74) is 0.338. The van der Waals surface area contributed by atoms with E-state index in [-0.39, 0.29) is 5.97 Å². The van der Waals surface area contributed by atoms with Crippen LogP contribution in [0.25, 0.3) is 0 Å². The van der Waals surface area contributed by atoms with E-state index in [1.807, 2.05) is 0 Å². The van der Waals surface area contributed by atoms with Crippen molar-refractivity contribution >= 4 is 11.7 Å². The summed E-state index contributed by atoms with van der Waals surface area (Å²) in [7, 11) is 0. The number of nitrogens with zero attached hydrogens (tertiary/aromatic N) is 1. The normalized spacial score (nSPS) is 24.0. The van der Waals surface area contributed by atoms with Gasteiger partial charge in [-0.25, -0.2) is 4.79 Å². The Morgan fingerprint density at radius 2 is 2.50 bits per heavy atom. The highest BCUT2D eigenvalue weighted by Crippen LogP contribution is 1.99. The number of ether oxygens (including phenoxy) is 1. The molecule has 1 aliphatic heterocycles. The lowest BCUT2D eigenvalue weighted by Crippen LogP contribution is -2.07. The molecule has 0 bridgehead atoms. The van der Waals surface area contributed by atoms with Crippen LogP contribution in [-0.4, -0.2) is 18.3 Å². The van der Waals surface area contributed by atoms with Crippen LogP contribution >= 0.6 is 0 Å². The molecule has 8 heavy (non-hydrogen) atoms. The second kappa shape index (κ2) is 1.81. The molecule has 0 atom stereocenters. The summed E-state index contributed by atoms with van der Waals surface area (Å²) in [6.45, 7) is 0.425. The molecular formula is C4H6N2O2. The summed E-state index contributed by atoms with van der Waals surface area (Å²) < 4.78 is 4.51. The van der Waals surface area contributed by atoms with E-state index in [0.29, 0.717) is 18.7 Å². The van der Waals surface area contributed by atoms with Crippen molar-refractivity contribution in [1.29, 1.82) is 0 Å². The van der Waals surface area contributed by atoms with Gasteiger partial charge in [0.25, 0.3) is 0 Å². The van der Waals surface area contributed by atoms with Crippen LogP contribution in [0.3, 0.4) is 0 Å². The Hall–Kier alpha value is -1.06. The van der Waals surface area contributed by atoms with Crippen molar-refractivity contribution in [2.45, 2.75) is 6.42 Å². The lowest BCUT2D eigenvalue weighted by atomic mass is 10.3. The van der Waals surface area contributed by atoms with Gasteiger partial charge in [-0.15, -0.1) is 0 Å². The molecule has 0 aromatic heterocycles. The summed E-state index contributed by atoms with van der Waals surface area (Å²) in [6, 6.07) is 0. The van der Waals surface area contributed by atoms with Crippen LogP contribution in [0.4, 0.5) is 0 Å². The average molecular weight is 114 g/mol. The zero-order chi connectivity index (χ0) is 5.98. The van der Waals surface area contributed by atoms with Crippen LogP contribution in [0.15, 0.2) is 5.10 Å². The zero-order valence-corrected chi connectivity index (χ0v) is 4.26. The van der Waals surface area contributed by atoms with Crippen molar-refractivity contribution in [3.8, 4) is 0 Å². The number of cyclic esters (lactones) is 1. The van der Waals surface area contributed by atoms with E-state index in [9.17, 15) is 4.79 Å². The highest BCUT2D eigenvalue weighted by Gasteiger charge is 2.19. The molecule has 0 aromatic rings. The predicted molar refractivity (Wildman–Crippen MR) is 27.2 cm³/mol. The minimum absolute atomic E-state index is 0.338. The van der Waals surface area contributed by atoms with Crippen molar-refractivity contribution in [2.24, 2.45) is 10.9 Å². The smallest absolute Gasteiger partial charge is 0.354 e. The third-order valence-corrected chi connectivity index (χ3v) is 0.963. The molecular weight excluding hydrogens is 108 g/mol.